The molecule has 3 aromatic rings. The number of aryl methyl sites for hydroxylation is 1. The predicted octanol–water partition coefficient (Wildman–Crippen LogP) is 5.59. The van der Waals surface area contributed by atoms with E-state index in [0.29, 0.717) is 27.6 Å². The Morgan fingerprint density at radius 3 is 2.44 bits per heavy atom. The van der Waals surface area contributed by atoms with Crippen LogP contribution in [-0.2, 0) is 0 Å². The molecule has 0 saturated heterocycles. The summed E-state index contributed by atoms with van der Waals surface area (Å²) in [7, 11) is 1.62. The van der Waals surface area contributed by atoms with Crippen LogP contribution in [0.25, 0.3) is 0 Å². The molecular formula is C18H16Cl2N4O. The van der Waals surface area contributed by atoms with E-state index in [1.807, 2.05) is 25.1 Å². The fourth-order valence-corrected chi connectivity index (χ4v) is 2.83. The summed E-state index contributed by atoms with van der Waals surface area (Å²) in [4.78, 5) is 8.70. The normalized spacial score (nSPS) is 10.4. The second-order valence-electron chi connectivity index (χ2n) is 5.38. The Hall–Kier alpha value is -2.50. The van der Waals surface area contributed by atoms with Gasteiger partial charge in [-0.15, -0.1) is 0 Å². The summed E-state index contributed by atoms with van der Waals surface area (Å²) in [6, 6.07) is 12.8. The quantitative estimate of drug-likeness (QED) is 0.609. The fourth-order valence-electron chi connectivity index (χ4n) is 2.30. The topological polar surface area (TPSA) is 59.1 Å². The van der Waals surface area contributed by atoms with E-state index in [1.165, 1.54) is 0 Å². The molecule has 1 aromatic heterocycles. The number of rotatable bonds is 5. The molecule has 0 unspecified atom stereocenters. The van der Waals surface area contributed by atoms with Crippen molar-refractivity contribution in [1.29, 1.82) is 0 Å². The lowest BCUT2D eigenvalue weighted by molar-refractivity contribution is 0.416. The van der Waals surface area contributed by atoms with Gasteiger partial charge in [-0.05, 0) is 48.9 Å². The first kappa shape index (κ1) is 17.3. The van der Waals surface area contributed by atoms with Crippen LogP contribution >= 0.6 is 23.2 Å². The lowest BCUT2D eigenvalue weighted by Gasteiger charge is -2.12. The van der Waals surface area contributed by atoms with Crippen molar-refractivity contribution in [3.63, 3.8) is 0 Å². The van der Waals surface area contributed by atoms with Crippen LogP contribution in [0.15, 0.2) is 48.7 Å². The lowest BCUT2D eigenvalue weighted by atomic mass is 10.2. The summed E-state index contributed by atoms with van der Waals surface area (Å²) in [5, 5.41) is 7.43. The lowest BCUT2D eigenvalue weighted by Crippen LogP contribution is -2.02. The number of anilines is 4. The van der Waals surface area contributed by atoms with Crippen molar-refractivity contribution in [3.8, 4) is 5.75 Å². The number of aromatic nitrogens is 2. The van der Waals surface area contributed by atoms with Crippen LogP contribution in [0.5, 0.6) is 5.75 Å². The third-order valence-electron chi connectivity index (χ3n) is 3.39. The van der Waals surface area contributed by atoms with Crippen molar-refractivity contribution in [2.45, 2.75) is 6.92 Å². The van der Waals surface area contributed by atoms with Crippen LogP contribution in [0.3, 0.4) is 0 Å². The molecule has 0 spiro atoms. The third-order valence-corrected chi connectivity index (χ3v) is 3.83. The minimum Gasteiger partial charge on any atom is -0.495 e. The molecule has 7 heteroatoms. The Labute approximate surface area is 156 Å². The number of hydrogen-bond acceptors (Lipinski definition) is 5. The van der Waals surface area contributed by atoms with Gasteiger partial charge in [-0.2, -0.15) is 4.98 Å². The van der Waals surface area contributed by atoms with E-state index in [9.17, 15) is 0 Å². The molecule has 128 valence electrons. The van der Waals surface area contributed by atoms with E-state index >= 15 is 0 Å². The molecule has 0 bridgehead atoms. The fraction of sp³-hybridized carbons (Fsp3) is 0.111. The van der Waals surface area contributed by atoms with Gasteiger partial charge < -0.3 is 15.4 Å². The van der Waals surface area contributed by atoms with Crippen LogP contribution in [0.1, 0.15) is 5.56 Å². The van der Waals surface area contributed by atoms with Gasteiger partial charge in [-0.25, -0.2) is 4.98 Å². The van der Waals surface area contributed by atoms with Gasteiger partial charge in [-0.1, -0.05) is 29.3 Å². The zero-order valence-corrected chi connectivity index (χ0v) is 15.2. The van der Waals surface area contributed by atoms with E-state index in [-0.39, 0.29) is 0 Å². The molecule has 0 amide bonds. The van der Waals surface area contributed by atoms with Crippen LogP contribution in [0, 0.1) is 6.92 Å². The van der Waals surface area contributed by atoms with Crippen molar-refractivity contribution >= 4 is 46.3 Å². The van der Waals surface area contributed by atoms with Gasteiger partial charge in [0.05, 0.1) is 12.8 Å². The highest BCUT2D eigenvalue weighted by molar-refractivity contribution is 6.35. The Kier molecular flexibility index (Phi) is 5.26. The Morgan fingerprint density at radius 2 is 1.72 bits per heavy atom. The summed E-state index contributed by atoms with van der Waals surface area (Å²) in [6.07, 6.45) is 1.66. The second kappa shape index (κ2) is 7.59. The van der Waals surface area contributed by atoms with Crippen molar-refractivity contribution in [3.05, 3.63) is 64.3 Å². The van der Waals surface area contributed by atoms with E-state index < -0.39 is 0 Å². The first-order valence-electron chi connectivity index (χ1n) is 7.51. The van der Waals surface area contributed by atoms with Crippen LogP contribution < -0.4 is 15.4 Å². The van der Waals surface area contributed by atoms with Crippen molar-refractivity contribution < 1.29 is 4.74 Å². The average molecular weight is 375 g/mol. The summed E-state index contributed by atoms with van der Waals surface area (Å²) < 4.78 is 5.36. The monoisotopic (exact) mass is 374 g/mol. The smallest absolute Gasteiger partial charge is 0.229 e. The molecular weight excluding hydrogens is 359 g/mol. The number of hydrogen-bond donors (Lipinski definition) is 2. The largest absolute Gasteiger partial charge is 0.495 e. The van der Waals surface area contributed by atoms with Crippen LogP contribution in [-0.4, -0.2) is 17.1 Å². The summed E-state index contributed by atoms with van der Waals surface area (Å²) in [5.74, 6) is 1.78. The summed E-state index contributed by atoms with van der Waals surface area (Å²) in [5.41, 5.74) is 2.65. The second-order valence-corrected chi connectivity index (χ2v) is 6.25. The molecule has 1 heterocycles. The van der Waals surface area contributed by atoms with Gasteiger partial charge in [0.15, 0.2) is 0 Å². The van der Waals surface area contributed by atoms with Crippen molar-refractivity contribution in [2.24, 2.45) is 0 Å². The average Bonchev–Trinajstić information content (AvgIpc) is 2.54. The number of methoxy groups -OCH3 is 1. The van der Waals surface area contributed by atoms with Gasteiger partial charge in [-0.3, -0.25) is 0 Å². The van der Waals surface area contributed by atoms with Gasteiger partial charge in [0, 0.05) is 21.9 Å². The standard InChI is InChI=1S/C18H16Cl2N4O/c1-11-3-4-16(25-2)15(7-11)23-18-21-6-5-17(24-18)22-14-9-12(19)8-13(20)10-14/h3-10H,1-2H3,(H2,21,22,23,24). The van der Waals surface area contributed by atoms with Gasteiger partial charge in [0.25, 0.3) is 0 Å². The van der Waals surface area contributed by atoms with E-state index in [2.05, 4.69) is 20.6 Å². The third kappa shape index (κ3) is 4.53. The molecule has 0 saturated carbocycles. The molecule has 0 aliphatic heterocycles. The maximum Gasteiger partial charge on any atom is 0.229 e. The molecule has 0 aliphatic rings. The molecule has 0 aliphatic carbocycles. The van der Waals surface area contributed by atoms with E-state index in [4.69, 9.17) is 27.9 Å². The van der Waals surface area contributed by atoms with Crippen molar-refractivity contribution in [2.75, 3.05) is 17.7 Å². The number of benzene rings is 2. The molecule has 2 aromatic carbocycles. The van der Waals surface area contributed by atoms with Gasteiger partial charge in [0.1, 0.15) is 11.6 Å². The highest BCUT2D eigenvalue weighted by Gasteiger charge is 2.07. The molecule has 0 atom stereocenters. The predicted molar refractivity (Wildman–Crippen MR) is 103 cm³/mol. The molecule has 0 fully saturated rings. The maximum atomic E-state index is 6.02. The van der Waals surface area contributed by atoms with Gasteiger partial charge in [0.2, 0.25) is 5.95 Å². The minimum atomic E-state index is 0.446. The Bertz CT molecular complexity index is 882. The number of nitrogens with one attached hydrogen (secondary N) is 2. The van der Waals surface area contributed by atoms with Crippen LogP contribution in [0.2, 0.25) is 10.0 Å². The highest BCUT2D eigenvalue weighted by atomic mass is 35.5. The first-order valence-corrected chi connectivity index (χ1v) is 8.27. The van der Waals surface area contributed by atoms with Gasteiger partial charge >= 0.3 is 0 Å². The van der Waals surface area contributed by atoms with E-state index in [0.717, 1.165) is 16.9 Å². The first-order chi connectivity index (χ1) is 12.0. The zero-order valence-electron chi connectivity index (χ0n) is 13.7. The Morgan fingerprint density at radius 1 is 0.960 bits per heavy atom. The van der Waals surface area contributed by atoms with Crippen LogP contribution in [0.4, 0.5) is 23.1 Å². The number of halogens is 2. The molecule has 0 radical (unpaired) electrons. The summed E-state index contributed by atoms with van der Waals surface area (Å²) in [6.45, 7) is 2.01. The molecule has 2 N–H and O–H groups in total. The van der Waals surface area contributed by atoms with E-state index in [1.54, 1.807) is 37.6 Å². The Balaban J connectivity index is 1.83. The number of nitrogens with zero attached hydrogens (tertiary/aromatic N) is 2. The molecule has 3 rings (SSSR count). The minimum absolute atomic E-state index is 0.446. The summed E-state index contributed by atoms with van der Waals surface area (Å²) >= 11 is 12.0. The zero-order chi connectivity index (χ0) is 17.8. The maximum absolute atomic E-state index is 6.02. The number of ether oxygens (including phenoxy) is 1. The van der Waals surface area contributed by atoms with Crippen molar-refractivity contribution in [1.82, 2.24) is 9.97 Å². The molecule has 5 nitrogen and oxygen atoms in total. The molecule has 25 heavy (non-hydrogen) atoms. The SMILES string of the molecule is COc1ccc(C)cc1Nc1nccc(Nc2cc(Cl)cc(Cl)c2)n1. The highest BCUT2D eigenvalue weighted by Crippen LogP contribution is 2.28.